The summed E-state index contributed by atoms with van der Waals surface area (Å²) in [6.07, 6.45) is 5.09. The van der Waals surface area contributed by atoms with E-state index < -0.39 is 0 Å². The van der Waals surface area contributed by atoms with Crippen LogP contribution in [0.25, 0.3) is 0 Å². The third kappa shape index (κ3) is 2.53. The van der Waals surface area contributed by atoms with E-state index >= 15 is 0 Å². The first-order valence-electron chi connectivity index (χ1n) is 4.13. The normalized spacial score (nSPS) is 8.86. The van der Waals surface area contributed by atoms with Crippen molar-refractivity contribution in [1.29, 1.82) is 0 Å². The molecule has 0 aliphatic heterocycles. The van der Waals surface area contributed by atoms with Crippen LogP contribution in [0.3, 0.4) is 0 Å². The highest BCUT2D eigenvalue weighted by Crippen LogP contribution is 2.09. The summed E-state index contributed by atoms with van der Waals surface area (Å²) >= 11 is 0. The molecule has 1 N–H and O–H groups in total. The lowest BCUT2D eigenvalue weighted by atomic mass is 10.2. The molecule has 1 rings (SSSR count). The molecule has 0 spiro atoms. The average Bonchev–Trinajstić information content (AvgIpc) is 2.26. The van der Waals surface area contributed by atoms with Gasteiger partial charge in [0.05, 0.1) is 19.2 Å². The maximum atomic E-state index is 11.1. The Hall–Kier alpha value is -1.95. The molecule has 0 aliphatic carbocycles. The van der Waals surface area contributed by atoms with Crippen molar-refractivity contribution in [2.45, 2.75) is 0 Å². The molecule has 0 unspecified atom stereocenters. The molecule has 72 valence electrons. The minimum absolute atomic E-state index is 0.339. The number of carbonyl (C=O) groups is 1. The van der Waals surface area contributed by atoms with E-state index in [0.717, 1.165) is 5.69 Å². The van der Waals surface area contributed by atoms with Gasteiger partial charge in [-0.2, -0.15) is 0 Å². The van der Waals surface area contributed by atoms with Crippen LogP contribution in [0.15, 0.2) is 24.3 Å². The van der Waals surface area contributed by atoms with E-state index in [0.29, 0.717) is 12.1 Å². The van der Waals surface area contributed by atoms with Crippen LogP contribution in [0, 0.1) is 12.3 Å². The Balaban J connectivity index is 2.69. The van der Waals surface area contributed by atoms with Crippen LogP contribution >= 0.6 is 0 Å². The van der Waals surface area contributed by atoms with Gasteiger partial charge >= 0.3 is 5.97 Å². The number of methoxy groups -OCH3 is 1. The molecule has 0 aliphatic rings. The number of hydrogen-bond donors (Lipinski definition) is 1. The summed E-state index contributed by atoms with van der Waals surface area (Å²) in [7, 11) is 1.35. The van der Waals surface area contributed by atoms with Crippen LogP contribution < -0.4 is 5.32 Å². The van der Waals surface area contributed by atoms with Crippen LogP contribution in [0.2, 0.25) is 0 Å². The third-order valence-electron chi connectivity index (χ3n) is 1.70. The Kier molecular flexibility index (Phi) is 3.57. The summed E-state index contributed by atoms with van der Waals surface area (Å²) in [5, 5.41) is 2.99. The standard InChI is InChI=1S/C11H11NO2/c1-3-8-12-10-6-4-9(5-7-10)11(13)14-2/h1,4-7,12H,8H2,2H3. The van der Waals surface area contributed by atoms with Crippen molar-refractivity contribution in [3.05, 3.63) is 29.8 Å². The van der Waals surface area contributed by atoms with Crippen molar-refractivity contribution < 1.29 is 9.53 Å². The zero-order valence-corrected chi connectivity index (χ0v) is 7.91. The second kappa shape index (κ2) is 4.93. The number of ether oxygens (including phenoxy) is 1. The van der Waals surface area contributed by atoms with Crippen LogP contribution in [-0.2, 0) is 4.74 Å². The van der Waals surface area contributed by atoms with Gasteiger partial charge in [0, 0.05) is 5.69 Å². The van der Waals surface area contributed by atoms with Crippen molar-refractivity contribution >= 4 is 11.7 Å². The van der Waals surface area contributed by atoms with E-state index in [4.69, 9.17) is 6.42 Å². The second-order valence-corrected chi connectivity index (χ2v) is 2.63. The van der Waals surface area contributed by atoms with Gasteiger partial charge in [-0.1, -0.05) is 5.92 Å². The van der Waals surface area contributed by atoms with Gasteiger partial charge in [0.2, 0.25) is 0 Å². The fraction of sp³-hybridized carbons (Fsp3) is 0.182. The van der Waals surface area contributed by atoms with Gasteiger partial charge in [-0.15, -0.1) is 6.42 Å². The van der Waals surface area contributed by atoms with Crippen molar-refractivity contribution in [1.82, 2.24) is 0 Å². The minimum atomic E-state index is -0.339. The number of terminal acetylenes is 1. The SMILES string of the molecule is C#CCNc1ccc(C(=O)OC)cc1. The van der Waals surface area contributed by atoms with Gasteiger partial charge in [-0.05, 0) is 24.3 Å². The molecule has 0 amide bonds. The number of nitrogens with one attached hydrogen (secondary N) is 1. The Morgan fingerprint density at radius 1 is 1.50 bits per heavy atom. The number of anilines is 1. The molecule has 0 radical (unpaired) electrons. The summed E-state index contributed by atoms with van der Waals surface area (Å²) in [4.78, 5) is 11.1. The number of rotatable bonds is 3. The fourth-order valence-corrected chi connectivity index (χ4v) is 0.995. The Morgan fingerprint density at radius 3 is 2.64 bits per heavy atom. The number of carbonyl (C=O) groups excluding carboxylic acids is 1. The molecule has 0 fully saturated rings. The zero-order chi connectivity index (χ0) is 10.4. The highest BCUT2D eigenvalue weighted by molar-refractivity contribution is 5.89. The minimum Gasteiger partial charge on any atom is -0.465 e. The topological polar surface area (TPSA) is 38.3 Å². The highest BCUT2D eigenvalue weighted by atomic mass is 16.5. The summed E-state index contributed by atoms with van der Waals surface area (Å²) in [5.74, 6) is 2.12. The molecule has 0 aromatic heterocycles. The maximum absolute atomic E-state index is 11.1. The molecule has 0 saturated carbocycles. The largest absolute Gasteiger partial charge is 0.465 e. The van der Waals surface area contributed by atoms with Crippen LogP contribution in [0.1, 0.15) is 10.4 Å². The van der Waals surface area contributed by atoms with Gasteiger partial charge in [0.15, 0.2) is 0 Å². The first-order valence-corrected chi connectivity index (χ1v) is 4.13. The molecule has 0 atom stereocenters. The Bertz CT molecular complexity index is 349. The quantitative estimate of drug-likeness (QED) is 0.578. The number of hydrogen-bond acceptors (Lipinski definition) is 3. The molecule has 3 nitrogen and oxygen atoms in total. The van der Waals surface area contributed by atoms with Crippen LogP contribution in [0.4, 0.5) is 5.69 Å². The fourth-order valence-electron chi connectivity index (χ4n) is 0.995. The molecule has 1 aromatic rings. The van der Waals surface area contributed by atoms with E-state index in [2.05, 4.69) is 16.0 Å². The molecule has 3 heteroatoms. The first kappa shape index (κ1) is 10.1. The van der Waals surface area contributed by atoms with Crippen molar-refractivity contribution in [3.8, 4) is 12.3 Å². The molecule has 0 heterocycles. The average molecular weight is 189 g/mol. The first-order chi connectivity index (χ1) is 6.77. The molecule has 1 aromatic carbocycles. The lowest BCUT2D eigenvalue weighted by Crippen LogP contribution is -2.02. The molecule has 14 heavy (non-hydrogen) atoms. The van der Waals surface area contributed by atoms with Crippen LogP contribution in [-0.4, -0.2) is 19.6 Å². The van der Waals surface area contributed by atoms with Crippen molar-refractivity contribution in [2.24, 2.45) is 0 Å². The van der Waals surface area contributed by atoms with Crippen LogP contribution in [0.5, 0.6) is 0 Å². The van der Waals surface area contributed by atoms with Crippen molar-refractivity contribution in [3.63, 3.8) is 0 Å². The summed E-state index contributed by atoms with van der Waals surface area (Å²) in [6, 6.07) is 6.93. The van der Waals surface area contributed by atoms with Gasteiger partial charge in [0.25, 0.3) is 0 Å². The van der Waals surface area contributed by atoms with Crippen molar-refractivity contribution in [2.75, 3.05) is 19.0 Å². The van der Waals surface area contributed by atoms with E-state index in [1.807, 2.05) is 0 Å². The molecule has 0 saturated heterocycles. The lowest BCUT2D eigenvalue weighted by molar-refractivity contribution is 0.0601. The number of benzene rings is 1. The van der Waals surface area contributed by atoms with Gasteiger partial charge in [-0.25, -0.2) is 4.79 Å². The van der Waals surface area contributed by atoms with E-state index in [1.54, 1.807) is 24.3 Å². The van der Waals surface area contributed by atoms with Gasteiger partial charge in [-0.3, -0.25) is 0 Å². The van der Waals surface area contributed by atoms with E-state index in [1.165, 1.54) is 7.11 Å². The molecular formula is C11H11NO2. The van der Waals surface area contributed by atoms with Gasteiger partial charge < -0.3 is 10.1 Å². The van der Waals surface area contributed by atoms with Gasteiger partial charge in [0.1, 0.15) is 0 Å². The predicted molar refractivity (Wildman–Crippen MR) is 55.1 cm³/mol. The second-order valence-electron chi connectivity index (χ2n) is 2.63. The summed E-state index contributed by atoms with van der Waals surface area (Å²) in [6.45, 7) is 0.470. The van der Waals surface area contributed by atoms with E-state index in [9.17, 15) is 4.79 Å². The lowest BCUT2D eigenvalue weighted by Gasteiger charge is -2.03. The van der Waals surface area contributed by atoms with E-state index in [-0.39, 0.29) is 5.97 Å². The third-order valence-corrected chi connectivity index (χ3v) is 1.70. The summed E-state index contributed by atoms with van der Waals surface area (Å²) < 4.78 is 4.57. The maximum Gasteiger partial charge on any atom is 0.337 e. The smallest absolute Gasteiger partial charge is 0.337 e. The molecule has 0 bridgehead atoms. The zero-order valence-electron chi connectivity index (χ0n) is 7.91. The summed E-state index contributed by atoms with van der Waals surface area (Å²) in [5.41, 5.74) is 1.41. The Labute approximate surface area is 83.1 Å². The highest BCUT2D eigenvalue weighted by Gasteiger charge is 2.03. The molecular weight excluding hydrogens is 178 g/mol. The predicted octanol–water partition coefficient (Wildman–Crippen LogP) is 1.52. The monoisotopic (exact) mass is 189 g/mol. The number of esters is 1. The Morgan fingerprint density at radius 2 is 2.14 bits per heavy atom.